The maximum absolute atomic E-state index is 11.9. The van der Waals surface area contributed by atoms with Crippen molar-refractivity contribution in [2.75, 3.05) is 5.32 Å². The van der Waals surface area contributed by atoms with Crippen LogP contribution in [0.4, 0.5) is 10.9 Å². The number of aryl methyl sites for hydroxylation is 3. The summed E-state index contributed by atoms with van der Waals surface area (Å²) in [5, 5.41) is 4.23. The zero-order chi connectivity index (χ0) is 18.1. The summed E-state index contributed by atoms with van der Waals surface area (Å²) in [6, 6.07) is 9.45. The number of hydrogen-bond acceptors (Lipinski definition) is 5. The van der Waals surface area contributed by atoms with Crippen molar-refractivity contribution in [1.29, 1.82) is 0 Å². The lowest BCUT2D eigenvalue weighted by molar-refractivity contribution is 0.100. The van der Waals surface area contributed by atoms with Gasteiger partial charge in [0.15, 0.2) is 5.13 Å². The second-order valence-corrected chi connectivity index (χ2v) is 7.20. The molecule has 3 aromatic rings. The van der Waals surface area contributed by atoms with E-state index in [0.717, 1.165) is 22.4 Å². The van der Waals surface area contributed by atoms with Crippen LogP contribution in [-0.4, -0.2) is 15.9 Å². The molecule has 0 fully saturated rings. The molecule has 7 heteroatoms. The van der Waals surface area contributed by atoms with Gasteiger partial charge in [0.05, 0.1) is 10.7 Å². The Morgan fingerprint density at radius 2 is 1.96 bits per heavy atom. The lowest BCUT2D eigenvalue weighted by atomic mass is 10.0. The number of anilines is 2. The second kappa shape index (κ2) is 6.82. The summed E-state index contributed by atoms with van der Waals surface area (Å²) in [5.41, 5.74) is 9.68. The number of primary amides is 1. The lowest BCUT2D eigenvalue weighted by Gasteiger charge is -2.06. The molecule has 2 heterocycles. The van der Waals surface area contributed by atoms with Crippen LogP contribution < -0.4 is 11.1 Å². The van der Waals surface area contributed by atoms with Gasteiger partial charge in [-0.1, -0.05) is 35.1 Å². The van der Waals surface area contributed by atoms with Crippen molar-refractivity contribution in [2.45, 2.75) is 20.8 Å². The molecule has 0 spiro atoms. The fourth-order valence-electron chi connectivity index (χ4n) is 2.66. The third-order valence-corrected chi connectivity index (χ3v) is 4.94. The van der Waals surface area contributed by atoms with Crippen LogP contribution in [0.25, 0.3) is 11.3 Å². The number of halogens is 1. The van der Waals surface area contributed by atoms with Gasteiger partial charge in [0.25, 0.3) is 5.91 Å². The number of benzene rings is 1. The van der Waals surface area contributed by atoms with Gasteiger partial charge >= 0.3 is 0 Å². The van der Waals surface area contributed by atoms with Crippen LogP contribution in [0.15, 0.2) is 30.3 Å². The highest BCUT2D eigenvalue weighted by Gasteiger charge is 2.21. The van der Waals surface area contributed by atoms with Crippen molar-refractivity contribution in [3.63, 3.8) is 0 Å². The van der Waals surface area contributed by atoms with Crippen molar-refractivity contribution in [3.8, 4) is 11.3 Å². The Morgan fingerprint density at radius 3 is 2.60 bits per heavy atom. The molecule has 1 amide bonds. The molecular formula is C18H17ClN4OS. The summed E-state index contributed by atoms with van der Waals surface area (Å²) in [7, 11) is 0. The van der Waals surface area contributed by atoms with Crippen molar-refractivity contribution in [1.82, 2.24) is 9.97 Å². The number of hydrogen-bond donors (Lipinski definition) is 2. The Hall–Kier alpha value is -2.44. The third-order valence-electron chi connectivity index (χ3n) is 3.64. The van der Waals surface area contributed by atoms with E-state index in [1.54, 1.807) is 6.07 Å². The molecule has 0 atom stereocenters. The van der Waals surface area contributed by atoms with E-state index >= 15 is 0 Å². The predicted molar refractivity (Wildman–Crippen MR) is 103 cm³/mol. The van der Waals surface area contributed by atoms with Crippen LogP contribution >= 0.6 is 22.9 Å². The monoisotopic (exact) mass is 372 g/mol. The molecule has 0 bridgehead atoms. The molecule has 1 aromatic carbocycles. The number of nitrogens with two attached hydrogens (primary N) is 1. The van der Waals surface area contributed by atoms with E-state index in [1.807, 2.05) is 45.0 Å². The predicted octanol–water partition coefficient (Wildman–Crippen LogP) is 4.63. The average molecular weight is 373 g/mol. The quantitative estimate of drug-likeness (QED) is 0.699. The highest BCUT2D eigenvalue weighted by molar-refractivity contribution is 7.18. The van der Waals surface area contributed by atoms with Crippen LogP contribution in [-0.2, 0) is 0 Å². The van der Waals surface area contributed by atoms with Crippen LogP contribution in [0, 0.1) is 20.8 Å². The van der Waals surface area contributed by atoms with Gasteiger partial charge in [0.1, 0.15) is 10.7 Å². The number of amides is 1. The Kier molecular flexibility index (Phi) is 4.74. The van der Waals surface area contributed by atoms with Gasteiger partial charge in [-0.3, -0.25) is 4.79 Å². The van der Waals surface area contributed by atoms with Crippen LogP contribution in [0.5, 0.6) is 0 Å². The fourth-order valence-corrected chi connectivity index (χ4v) is 3.80. The fraction of sp³-hybridized carbons (Fsp3) is 0.167. The maximum atomic E-state index is 11.9. The average Bonchev–Trinajstić information content (AvgIpc) is 2.89. The largest absolute Gasteiger partial charge is 0.365 e. The Balaban J connectivity index is 2.08. The topological polar surface area (TPSA) is 80.9 Å². The molecule has 0 aliphatic heterocycles. The maximum Gasteiger partial charge on any atom is 0.261 e. The van der Waals surface area contributed by atoms with Gasteiger partial charge in [-0.05, 0) is 50.1 Å². The minimum Gasteiger partial charge on any atom is -0.365 e. The molecule has 128 valence electrons. The molecule has 2 aromatic heterocycles. The molecule has 5 nitrogen and oxygen atoms in total. The van der Waals surface area contributed by atoms with Crippen LogP contribution in [0.2, 0.25) is 5.02 Å². The van der Waals surface area contributed by atoms with E-state index in [2.05, 4.69) is 15.3 Å². The first-order valence-electron chi connectivity index (χ1n) is 7.63. The van der Waals surface area contributed by atoms with Gasteiger partial charge in [-0.25, -0.2) is 9.97 Å². The number of carbonyl (C=O) groups excluding carboxylic acids is 1. The number of nitrogens with zero attached hydrogens (tertiary/aromatic N) is 2. The molecule has 0 aliphatic carbocycles. The summed E-state index contributed by atoms with van der Waals surface area (Å²) >= 11 is 7.52. The van der Waals surface area contributed by atoms with E-state index in [4.69, 9.17) is 17.3 Å². The number of rotatable bonds is 4. The number of thiazole rings is 1. The zero-order valence-corrected chi connectivity index (χ0v) is 15.6. The summed E-state index contributed by atoms with van der Waals surface area (Å²) in [6.45, 7) is 5.84. The SMILES string of the molecule is Cc1cc(C)nc(Nc2nc(-c3c(C)cccc3Cl)c(C(N)=O)s2)c1. The Morgan fingerprint density at radius 1 is 1.20 bits per heavy atom. The zero-order valence-electron chi connectivity index (χ0n) is 14.1. The standard InChI is InChI=1S/C18H17ClN4OS/c1-9-7-11(3)21-13(8-9)22-18-23-15(16(25-18)17(20)24)14-10(2)5-4-6-12(14)19/h4-8H,1-3H3,(H2,20,24)(H,21,22,23). The van der Waals surface area contributed by atoms with Crippen molar-refractivity contribution >= 4 is 39.8 Å². The van der Waals surface area contributed by atoms with Gasteiger partial charge in [0, 0.05) is 11.3 Å². The Labute approximate surface area is 154 Å². The molecule has 25 heavy (non-hydrogen) atoms. The first-order chi connectivity index (χ1) is 11.8. The van der Waals surface area contributed by atoms with Gasteiger partial charge in [0.2, 0.25) is 0 Å². The summed E-state index contributed by atoms with van der Waals surface area (Å²) < 4.78 is 0. The molecule has 3 N–H and O–H groups in total. The van der Waals surface area contributed by atoms with Crippen molar-refractivity contribution in [3.05, 3.63) is 57.1 Å². The first kappa shape index (κ1) is 17.4. The molecular weight excluding hydrogens is 356 g/mol. The van der Waals surface area contributed by atoms with E-state index in [1.165, 1.54) is 11.3 Å². The molecule has 0 aliphatic rings. The van der Waals surface area contributed by atoms with E-state index in [-0.39, 0.29) is 0 Å². The van der Waals surface area contributed by atoms with E-state index in [9.17, 15) is 4.79 Å². The second-order valence-electron chi connectivity index (χ2n) is 5.79. The highest BCUT2D eigenvalue weighted by Crippen LogP contribution is 2.37. The summed E-state index contributed by atoms with van der Waals surface area (Å²) in [5.74, 6) is 0.137. The normalized spacial score (nSPS) is 10.7. The van der Waals surface area contributed by atoms with Gasteiger partial charge in [-0.15, -0.1) is 0 Å². The number of nitrogens with one attached hydrogen (secondary N) is 1. The van der Waals surface area contributed by atoms with E-state index in [0.29, 0.717) is 26.5 Å². The highest BCUT2D eigenvalue weighted by atomic mass is 35.5. The van der Waals surface area contributed by atoms with Crippen LogP contribution in [0.1, 0.15) is 26.5 Å². The smallest absolute Gasteiger partial charge is 0.261 e. The summed E-state index contributed by atoms with van der Waals surface area (Å²) in [4.78, 5) is 21.3. The first-order valence-corrected chi connectivity index (χ1v) is 8.83. The molecule has 0 radical (unpaired) electrons. The van der Waals surface area contributed by atoms with Gasteiger partial charge < -0.3 is 11.1 Å². The molecule has 0 saturated carbocycles. The Bertz CT molecular complexity index is 927. The number of pyridine rings is 1. The van der Waals surface area contributed by atoms with Gasteiger partial charge in [-0.2, -0.15) is 0 Å². The number of carbonyl (C=O) groups is 1. The molecule has 3 rings (SSSR count). The van der Waals surface area contributed by atoms with Crippen molar-refractivity contribution in [2.24, 2.45) is 5.73 Å². The molecule has 0 unspecified atom stereocenters. The minimum atomic E-state index is -0.534. The lowest BCUT2D eigenvalue weighted by Crippen LogP contribution is -2.10. The third kappa shape index (κ3) is 3.65. The molecule has 0 saturated heterocycles. The van der Waals surface area contributed by atoms with Crippen LogP contribution in [0.3, 0.4) is 0 Å². The summed E-state index contributed by atoms with van der Waals surface area (Å²) in [6.07, 6.45) is 0. The van der Waals surface area contributed by atoms with Crippen molar-refractivity contribution < 1.29 is 4.79 Å². The van der Waals surface area contributed by atoms with E-state index < -0.39 is 5.91 Å². The number of aromatic nitrogens is 2. The minimum absolute atomic E-state index is 0.364.